The van der Waals surface area contributed by atoms with E-state index in [2.05, 4.69) is 0 Å². The Morgan fingerprint density at radius 2 is 1.83 bits per heavy atom. The maximum Gasteiger partial charge on any atom is 0.338 e. The standard InChI is InChI=1S/C19H14B4FNO3S/c1-3-28-19(27)9-4-5-10(8(2)6-9)25-11(26)7-29-18(25)12-13(20)15(22)17(24)16(23)14(12)21/h4-6,18H,3,7H2,1-2H3. The van der Waals surface area contributed by atoms with Crippen LogP contribution in [0.5, 0.6) is 0 Å². The van der Waals surface area contributed by atoms with Crippen molar-refractivity contribution in [2.24, 2.45) is 0 Å². The van der Waals surface area contributed by atoms with Crippen molar-refractivity contribution < 1.29 is 18.7 Å². The zero-order valence-corrected chi connectivity index (χ0v) is 16.8. The summed E-state index contributed by atoms with van der Waals surface area (Å²) < 4.78 is 19.1. The van der Waals surface area contributed by atoms with E-state index in [4.69, 9.17) is 36.1 Å². The Kier molecular flexibility index (Phi) is 6.22. The molecule has 138 valence electrons. The van der Waals surface area contributed by atoms with E-state index in [1.165, 1.54) is 16.7 Å². The number of carbonyl (C=O) groups excluding carboxylic acids is 2. The van der Waals surface area contributed by atoms with E-state index in [9.17, 15) is 14.0 Å². The summed E-state index contributed by atoms with van der Waals surface area (Å²) >= 11 is 1.28. The topological polar surface area (TPSA) is 46.6 Å². The molecular weight excluding hydrogens is 385 g/mol. The third-order valence-electron chi connectivity index (χ3n) is 4.72. The molecule has 1 saturated heterocycles. The predicted octanol–water partition coefficient (Wildman–Crippen LogP) is -0.735. The van der Waals surface area contributed by atoms with Gasteiger partial charge in [-0.2, -0.15) is 0 Å². The number of aryl methyl sites for hydroxylation is 1. The van der Waals surface area contributed by atoms with E-state index < -0.39 is 17.2 Å². The van der Waals surface area contributed by atoms with Gasteiger partial charge in [0.15, 0.2) is 0 Å². The third-order valence-corrected chi connectivity index (χ3v) is 5.89. The van der Waals surface area contributed by atoms with Crippen LogP contribution in [-0.2, 0) is 9.53 Å². The van der Waals surface area contributed by atoms with E-state index >= 15 is 0 Å². The van der Waals surface area contributed by atoms with Crippen LogP contribution in [0.15, 0.2) is 18.2 Å². The van der Waals surface area contributed by atoms with Gasteiger partial charge in [0.1, 0.15) is 42.6 Å². The molecule has 2 aromatic carbocycles. The largest absolute Gasteiger partial charge is 0.462 e. The molecule has 0 spiro atoms. The molecule has 1 heterocycles. The van der Waals surface area contributed by atoms with Crippen molar-refractivity contribution in [1.29, 1.82) is 0 Å². The molecule has 1 amide bonds. The third kappa shape index (κ3) is 3.75. The summed E-state index contributed by atoms with van der Waals surface area (Å²) in [6.07, 6.45) is 0. The molecule has 1 atom stereocenters. The highest BCUT2D eigenvalue weighted by molar-refractivity contribution is 8.00. The van der Waals surface area contributed by atoms with Crippen molar-refractivity contribution in [3.05, 3.63) is 40.7 Å². The van der Waals surface area contributed by atoms with Gasteiger partial charge < -0.3 is 4.74 Å². The van der Waals surface area contributed by atoms with E-state index in [0.29, 0.717) is 22.4 Å². The number of hydrogen-bond acceptors (Lipinski definition) is 4. The smallest absolute Gasteiger partial charge is 0.338 e. The molecule has 29 heavy (non-hydrogen) atoms. The van der Waals surface area contributed by atoms with Gasteiger partial charge in [-0.25, -0.2) is 9.18 Å². The SMILES string of the molecule is [B]c1c([B])c(C2SCC(=O)N2c2ccc(C(=O)OCC)cc2C)c([B])c([B])c1F. The van der Waals surface area contributed by atoms with Crippen molar-refractivity contribution in [2.75, 3.05) is 17.3 Å². The number of rotatable bonds is 4. The predicted molar refractivity (Wildman–Crippen MR) is 118 cm³/mol. The van der Waals surface area contributed by atoms with Gasteiger partial charge in [0.2, 0.25) is 5.91 Å². The summed E-state index contributed by atoms with van der Waals surface area (Å²) in [6, 6.07) is 4.87. The maximum atomic E-state index is 14.1. The minimum absolute atomic E-state index is 0.0489. The van der Waals surface area contributed by atoms with Crippen molar-refractivity contribution >= 4 is 82.6 Å². The Hall–Kier alpha value is -2.08. The molecule has 0 N–H and O–H groups in total. The van der Waals surface area contributed by atoms with Crippen LogP contribution in [0.25, 0.3) is 0 Å². The zero-order valence-electron chi connectivity index (χ0n) is 16.0. The summed E-state index contributed by atoms with van der Waals surface area (Å²) in [5, 5.41) is -0.639. The zero-order chi connectivity index (χ0) is 21.5. The summed E-state index contributed by atoms with van der Waals surface area (Å²) in [5.41, 5.74) is 1.21. The minimum Gasteiger partial charge on any atom is -0.462 e. The van der Waals surface area contributed by atoms with Gasteiger partial charge in [0.05, 0.1) is 17.9 Å². The number of esters is 1. The molecule has 0 saturated carbocycles. The summed E-state index contributed by atoms with van der Waals surface area (Å²) in [4.78, 5) is 26.2. The fraction of sp³-hybridized carbons (Fsp3) is 0.263. The van der Waals surface area contributed by atoms with Crippen molar-refractivity contribution in [3.8, 4) is 0 Å². The number of carbonyl (C=O) groups is 2. The molecule has 1 aliphatic heterocycles. The van der Waals surface area contributed by atoms with Crippen molar-refractivity contribution in [2.45, 2.75) is 19.2 Å². The molecular formula is C19H14B4FNO3S. The number of nitrogens with zero attached hydrogens (tertiary/aromatic N) is 1. The average Bonchev–Trinajstić information content (AvgIpc) is 3.06. The van der Waals surface area contributed by atoms with Crippen LogP contribution >= 0.6 is 11.8 Å². The fourth-order valence-electron chi connectivity index (χ4n) is 3.25. The number of ether oxygens (including phenoxy) is 1. The first-order valence-corrected chi connectivity index (χ1v) is 9.86. The number of thioether (sulfide) groups is 1. The highest BCUT2D eigenvalue weighted by atomic mass is 32.2. The van der Waals surface area contributed by atoms with Crippen LogP contribution in [0, 0.1) is 12.7 Å². The van der Waals surface area contributed by atoms with Gasteiger partial charge in [-0.1, -0.05) is 21.9 Å². The van der Waals surface area contributed by atoms with Gasteiger partial charge in [-0.15, -0.1) is 11.8 Å². The summed E-state index contributed by atoms with van der Waals surface area (Å²) in [6.45, 7) is 3.75. The Morgan fingerprint density at radius 3 is 2.38 bits per heavy atom. The molecule has 0 aromatic heterocycles. The van der Waals surface area contributed by atoms with E-state index in [0.717, 1.165) is 0 Å². The van der Waals surface area contributed by atoms with Gasteiger partial charge >= 0.3 is 5.97 Å². The second kappa shape index (κ2) is 8.34. The second-order valence-corrected chi connectivity index (χ2v) is 7.60. The normalized spacial score (nSPS) is 16.3. The molecule has 4 nitrogen and oxygen atoms in total. The van der Waals surface area contributed by atoms with Crippen LogP contribution in [0.4, 0.5) is 10.1 Å². The van der Waals surface area contributed by atoms with Crippen LogP contribution < -0.4 is 26.8 Å². The van der Waals surface area contributed by atoms with Gasteiger partial charge in [-0.3, -0.25) is 9.69 Å². The van der Waals surface area contributed by atoms with E-state index in [1.54, 1.807) is 32.0 Å². The monoisotopic (exact) mass is 399 g/mol. The molecule has 3 rings (SSSR count). The quantitative estimate of drug-likeness (QED) is 0.503. The molecule has 2 aromatic rings. The lowest BCUT2D eigenvalue weighted by molar-refractivity contribution is -0.115. The number of halogens is 1. The molecule has 10 heteroatoms. The highest BCUT2D eigenvalue weighted by Gasteiger charge is 2.37. The number of hydrogen-bond donors (Lipinski definition) is 0. The van der Waals surface area contributed by atoms with Crippen LogP contribution in [0.2, 0.25) is 0 Å². The molecule has 1 fully saturated rings. The Balaban J connectivity index is 2.09. The van der Waals surface area contributed by atoms with Gasteiger partial charge in [0, 0.05) is 5.69 Å². The molecule has 8 radical (unpaired) electrons. The minimum atomic E-state index is -0.875. The molecule has 1 unspecified atom stereocenters. The summed E-state index contributed by atoms with van der Waals surface area (Å²) in [5.74, 6) is -1.35. The van der Waals surface area contributed by atoms with Gasteiger partial charge in [0.25, 0.3) is 0 Å². The molecule has 0 aliphatic carbocycles. The van der Waals surface area contributed by atoms with Gasteiger partial charge in [-0.05, 0) is 43.2 Å². The number of amides is 1. The van der Waals surface area contributed by atoms with Crippen LogP contribution in [-0.4, -0.2) is 55.6 Å². The first kappa shape index (κ1) is 21.6. The van der Waals surface area contributed by atoms with E-state index in [-0.39, 0.29) is 40.1 Å². The lowest BCUT2D eigenvalue weighted by atomic mass is 9.66. The Bertz CT molecular complexity index is 988. The first-order chi connectivity index (χ1) is 13.7. The van der Waals surface area contributed by atoms with Crippen molar-refractivity contribution in [3.63, 3.8) is 0 Å². The van der Waals surface area contributed by atoms with E-state index in [1.807, 2.05) is 0 Å². The van der Waals surface area contributed by atoms with Crippen LogP contribution in [0.3, 0.4) is 0 Å². The average molecular weight is 399 g/mol. The fourth-order valence-corrected chi connectivity index (χ4v) is 4.49. The second-order valence-electron chi connectivity index (χ2n) is 6.53. The first-order valence-electron chi connectivity index (χ1n) is 8.81. The highest BCUT2D eigenvalue weighted by Crippen LogP contribution is 2.41. The Labute approximate surface area is 178 Å². The number of anilines is 1. The maximum absolute atomic E-state index is 14.1. The molecule has 1 aliphatic rings. The summed E-state index contributed by atoms with van der Waals surface area (Å²) in [7, 11) is 23.6. The van der Waals surface area contributed by atoms with Crippen molar-refractivity contribution in [1.82, 2.24) is 0 Å². The number of benzene rings is 2. The van der Waals surface area contributed by atoms with Crippen LogP contribution in [0.1, 0.15) is 33.8 Å². The lowest BCUT2D eigenvalue weighted by Crippen LogP contribution is -2.49. The Morgan fingerprint density at radius 1 is 1.21 bits per heavy atom. The molecule has 0 bridgehead atoms. The lowest BCUT2D eigenvalue weighted by Gasteiger charge is -2.30.